The number of hydrogen-bond acceptors (Lipinski definition) is 1. The molecule has 0 radical (unpaired) electrons. The normalized spacial score (nSPS) is 14.4. The van der Waals surface area contributed by atoms with Gasteiger partial charge in [-0.2, -0.15) is 0 Å². The van der Waals surface area contributed by atoms with Gasteiger partial charge in [-0.15, -0.1) is 0 Å². The first-order chi connectivity index (χ1) is 7.64. The molecule has 1 saturated carbocycles. The predicted octanol–water partition coefficient (Wildman–Crippen LogP) is 5.68. The molecule has 0 aromatic heterocycles. The lowest BCUT2D eigenvalue weighted by atomic mass is 9.91. The first-order valence-electron chi connectivity index (χ1n) is 7.04. The Hall–Kier alpha value is -0.0400. The molecule has 16 heavy (non-hydrogen) atoms. The van der Waals surface area contributed by atoms with Crippen molar-refractivity contribution in [2.75, 3.05) is 14.2 Å². The Balaban J connectivity index is -0.000000161. The Morgan fingerprint density at radius 1 is 0.812 bits per heavy atom. The van der Waals surface area contributed by atoms with Gasteiger partial charge in [-0.25, -0.2) is 0 Å². The van der Waals surface area contributed by atoms with E-state index in [4.69, 9.17) is 0 Å². The zero-order valence-corrected chi connectivity index (χ0v) is 12.9. The van der Waals surface area contributed by atoms with E-state index in [9.17, 15) is 0 Å². The van der Waals surface area contributed by atoms with Crippen LogP contribution in [0.4, 0.5) is 0 Å². The minimum atomic E-state index is 1.04. The highest BCUT2D eigenvalue weighted by atomic mass is 16.4. The average Bonchev–Trinajstić information content (AvgIpc) is 2.22. The molecule has 1 rings (SSSR count). The lowest BCUT2D eigenvalue weighted by Gasteiger charge is -2.15. The van der Waals surface area contributed by atoms with Crippen LogP contribution in [0.1, 0.15) is 79.6 Å². The van der Waals surface area contributed by atoms with Crippen LogP contribution in [-0.2, 0) is 4.74 Å². The third-order valence-electron chi connectivity index (χ3n) is 1.89. The summed E-state index contributed by atoms with van der Waals surface area (Å²) in [4.78, 5) is 0. The van der Waals surface area contributed by atoms with Crippen molar-refractivity contribution >= 4 is 0 Å². The molecule has 102 valence electrons. The molecule has 1 nitrogen and oxygen atoms in total. The number of methoxy groups -OCH3 is 1. The third kappa shape index (κ3) is 37.0. The fourth-order valence-corrected chi connectivity index (χ4v) is 1.31. The van der Waals surface area contributed by atoms with Crippen molar-refractivity contribution in [1.82, 2.24) is 0 Å². The van der Waals surface area contributed by atoms with Crippen LogP contribution >= 0.6 is 0 Å². The summed E-state index contributed by atoms with van der Waals surface area (Å²) >= 11 is 0. The second-order valence-electron chi connectivity index (χ2n) is 4.57. The Morgan fingerprint density at radius 3 is 1.19 bits per heavy atom. The Bertz CT molecular complexity index is 70.7. The molecule has 0 amide bonds. The van der Waals surface area contributed by atoms with Crippen LogP contribution in [0.2, 0.25) is 0 Å². The molecule has 1 fully saturated rings. The zero-order chi connectivity index (χ0) is 13.2. The van der Waals surface area contributed by atoms with E-state index in [1.54, 1.807) is 14.2 Å². The maximum atomic E-state index is 4.25. The van der Waals surface area contributed by atoms with E-state index in [0.29, 0.717) is 0 Å². The van der Waals surface area contributed by atoms with Crippen LogP contribution in [0.3, 0.4) is 0 Å². The Labute approximate surface area is 105 Å². The van der Waals surface area contributed by atoms with E-state index < -0.39 is 0 Å². The summed E-state index contributed by atoms with van der Waals surface area (Å²) < 4.78 is 4.25. The molecule has 1 aliphatic rings. The summed E-state index contributed by atoms with van der Waals surface area (Å²) in [6.07, 6.45) is 9.94. The molecule has 0 aromatic carbocycles. The average molecular weight is 232 g/mol. The highest BCUT2D eigenvalue weighted by Crippen LogP contribution is 2.22. The summed E-state index contributed by atoms with van der Waals surface area (Å²) in [5.41, 5.74) is 0. The molecule has 0 aliphatic heterocycles. The minimum Gasteiger partial charge on any atom is -0.388 e. The second-order valence-corrected chi connectivity index (χ2v) is 4.57. The van der Waals surface area contributed by atoms with Crippen molar-refractivity contribution < 1.29 is 4.74 Å². The maximum absolute atomic E-state index is 4.25. The van der Waals surface area contributed by atoms with Gasteiger partial charge in [0, 0.05) is 14.2 Å². The lowest BCUT2D eigenvalue weighted by molar-refractivity contribution is 0.277. The Kier molecular flexibility index (Phi) is 32.3. The monoisotopic (exact) mass is 232 g/mol. The van der Waals surface area contributed by atoms with E-state index in [0.717, 1.165) is 5.92 Å². The largest absolute Gasteiger partial charge is 0.388 e. The molecule has 0 heterocycles. The SMILES string of the molecule is CC1CCCCC1.CCC.CCC.COC. The topological polar surface area (TPSA) is 9.23 Å². The molecular weight excluding hydrogens is 196 g/mol. The van der Waals surface area contributed by atoms with E-state index in [1.807, 2.05) is 0 Å². The molecule has 0 aromatic rings. The van der Waals surface area contributed by atoms with Gasteiger partial charge in [-0.05, 0) is 5.92 Å². The van der Waals surface area contributed by atoms with Gasteiger partial charge in [-0.3, -0.25) is 0 Å². The van der Waals surface area contributed by atoms with Gasteiger partial charge in [0.2, 0.25) is 0 Å². The number of hydrogen-bond donors (Lipinski definition) is 0. The molecule has 0 spiro atoms. The van der Waals surface area contributed by atoms with Crippen LogP contribution in [0, 0.1) is 5.92 Å². The van der Waals surface area contributed by atoms with Crippen LogP contribution in [0.5, 0.6) is 0 Å². The smallest absolute Gasteiger partial charge is 0.0351 e. The summed E-state index contributed by atoms with van der Waals surface area (Å²) in [5, 5.41) is 0. The molecule has 0 unspecified atom stereocenters. The van der Waals surface area contributed by atoms with Crippen LogP contribution in [-0.4, -0.2) is 14.2 Å². The zero-order valence-electron chi connectivity index (χ0n) is 12.9. The van der Waals surface area contributed by atoms with E-state index >= 15 is 0 Å². The first-order valence-corrected chi connectivity index (χ1v) is 7.04. The van der Waals surface area contributed by atoms with Crippen LogP contribution < -0.4 is 0 Å². The number of rotatable bonds is 0. The van der Waals surface area contributed by atoms with Crippen LogP contribution in [0.25, 0.3) is 0 Å². The first kappa shape index (κ1) is 21.3. The van der Waals surface area contributed by atoms with Gasteiger partial charge in [0.05, 0.1) is 0 Å². The molecule has 0 N–H and O–H groups in total. The summed E-state index contributed by atoms with van der Waals surface area (Å²) in [7, 11) is 3.25. The van der Waals surface area contributed by atoms with Gasteiger partial charge in [0.15, 0.2) is 0 Å². The van der Waals surface area contributed by atoms with Gasteiger partial charge < -0.3 is 4.74 Å². The molecule has 1 heteroatoms. The van der Waals surface area contributed by atoms with Crippen molar-refractivity contribution in [3.8, 4) is 0 Å². The molecule has 0 atom stereocenters. The van der Waals surface area contributed by atoms with E-state index in [-0.39, 0.29) is 0 Å². The highest BCUT2D eigenvalue weighted by Gasteiger charge is 2.05. The van der Waals surface area contributed by atoms with Gasteiger partial charge in [0.1, 0.15) is 0 Å². The van der Waals surface area contributed by atoms with E-state index in [1.165, 1.54) is 44.9 Å². The van der Waals surface area contributed by atoms with Gasteiger partial charge in [0.25, 0.3) is 0 Å². The van der Waals surface area contributed by atoms with Crippen molar-refractivity contribution in [1.29, 1.82) is 0 Å². The summed E-state index contributed by atoms with van der Waals surface area (Å²) in [6.45, 7) is 10.9. The molecule has 0 saturated heterocycles. The van der Waals surface area contributed by atoms with E-state index in [2.05, 4.69) is 39.4 Å². The quantitative estimate of drug-likeness (QED) is 0.522. The third-order valence-corrected chi connectivity index (χ3v) is 1.89. The molecular formula is C15H36O. The lowest BCUT2D eigenvalue weighted by Crippen LogP contribution is -1.99. The van der Waals surface area contributed by atoms with Crippen molar-refractivity contribution in [2.24, 2.45) is 5.92 Å². The second kappa shape index (κ2) is 24.3. The molecule has 0 bridgehead atoms. The highest BCUT2D eigenvalue weighted by molar-refractivity contribution is 4.59. The van der Waals surface area contributed by atoms with Crippen molar-refractivity contribution in [3.05, 3.63) is 0 Å². The standard InChI is InChI=1S/C7H14.2C3H8.C2H6O/c1-7-5-3-2-4-6-7;3*1-3-2/h7H,2-6H2,1H3;2*3H2,1-2H3;1-2H3. The van der Waals surface area contributed by atoms with Crippen molar-refractivity contribution in [2.45, 2.75) is 79.6 Å². The van der Waals surface area contributed by atoms with Crippen molar-refractivity contribution in [3.63, 3.8) is 0 Å². The fraction of sp³-hybridized carbons (Fsp3) is 1.00. The van der Waals surface area contributed by atoms with Crippen LogP contribution in [0.15, 0.2) is 0 Å². The van der Waals surface area contributed by atoms with Gasteiger partial charge in [-0.1, -0.05) is 79.6 Å². The predicted molar refractivity (Wildman–Crippen MR) is 77.1 cm³/mol. The maximum Gasteiger partial charge on any atom is 0.0351 e. The summed E-state index contributed by atoms with van der Waals surface area (Å²) in [6, 6.07) is 0. The molecule has 1 aliphatic carbocycles. The summed E-state index contributed by atoms with van der Waals surface area (Å²) in [5.74, 6) is 1.04. The minimum absolute atomic E-state index is 1.04. The number of ether oxygens (including phenoxy) is 1. The van der Waals surface area contributed by atoms with Gasteiger partial charge >= 0.3 is 0 Å². The Morgan fingerprint density at radius 2 is 1.06 bits per heavy atom. The fourth-order valence-electron chi connectivity index (χ4n) is 1.31.